The van der Waals surface area contributed by atoms with E-state index in [-0.39, 0.29) is 5.56 Å². The van der Waals surface area contributed by atoms with Gasteiger partial charge in [0.05, 0.1) is 32.0 Å². The van der Waals surface area contributed by atoms with Gasteiger partial charge in [-0.15, -0.1) is 0 Å². The molecule has 30 heavy (non-hydrogen) atoms. The first-order valence-corrected chi connectivity index (χ1v) is 9.94. The molecular weight excluding hydrogens is 388 g/mol. The lowest BCUT2D eigenvalue weighted by Gasteiger charge is -2.17. The van der Waals surface area contributed by atoms with Crippen LogP contribution < -0.4 is 29.8 Å². The Bertz CT molecular complexity index is 841. The number of amides is 2. The molecular formula is C22H28N2O6. The van der Waals surface area contributed by atoms with Crippen LogP contribution in [-0.4, -0.2) is 38.2 Å². The third-order valence-corrected chi connectivity index (χ3v) is 3.89. The van der Waals surface area contributed by atoms with E-state index < -0.39 is 11.8 Å². The first kappa shape index (κ1) is 22.9. The van der Waals surface area contributed by atoms with Crippen molar-refractivity contribution >= 4 is 11.8 Å². The zero-order valence-corrected chi connectivity index (χ0v) is 17.7. The van der Waals surface area contributed by atoms with Crippen LogP contribution in [0.5, 0.6) is 23.0 Å². The van der Waals surface area contributed by atoms with Crippen LogP contribution in [0.3, 0.4) is 0 Å². The Kier molecular flexibility index (Phi) is 8.80. The van der Waals surface area contributed by atoms with Crippen molar-refractivity contribution in [2.45, 2.75) is 27.7 Å². The normalized spacial score (nSPS) is 10.1. The molecule has 0 radical (unpaired) electrons. The lowest BCUT2D eigenvalue weighted by molar-refractivity contribution is 0.0844. The largest absolute Gasteiger partial charge is 0.493 e. The molecule has 2 aromatic rings. The Hall–Kier alpha value is -3.42. The second kappa shape index (κ2) is 11.5. The molecule has 2 aromatic carbocycles. The van der Waals surface area contributed by atoms with Gasteiger partial charge in [-0.25, -0.2) is 0 Å². The van der Waals surface area contributed by atoms with Crippen LogP contribution in [0.1, 0.15) is 48.4 Å². The Morgan fingerprint density at radius 3 is 1.77 bits per heavy atom. The van der Waals surface area contributed by atoms with E-state index in [1.807, 2.05) is 27.7 Å². The maximum Gasteiger partial charge on any atom is 0.273 e. The maximum absolute atomic E-state index is 12.7. The highest BCUT2D eigenvalue weighted by Gasteiger charge is 2.19. The number of carbonyl (C=O) groups excluding carboxylic acids is 2. The molecule has 8 nitrogen and oxygen atoms in total. The van der Waals surface area contributed by atoms with E-state index in [0.717, 1.165) is 0 Å². The molecule has 8 heteroatoms. The first-order chi connectivity index (χ1) is 14.5. The second-order valence-corrected chi connectivity index (χ2v) is 5.94. The van der Waals surface area contributed by atoms with Gasteiger partial charge in [0.2, 0.25) is 5.75 Å². The molecule has 162 valence electrons. The van der Waals surface area contributed by atoms with Crippen LogP contribution in [0, 0.1) is 0 Å². The molecule has 0 saturated carbocycles. The van der Waals surface area contributed by atoms with Gasteiger partial charge in [-0.3, -0.25) is 20.4 Å². The van der Waals surface area contributed by atoms with Gasteiger partial charge >= 0.3 is 0 Å². The third-order valence-electron chi connectivity index (χ3n) is 3.89. The number of benzene rings is 2. The van der Waals surface area contributed by atoms with E-state index in [1.54, 1.807) is 36.4 Å². The zero-order valence-electron chi connectivity index (χ0n) is 17.7. The summed E-state index contributed by atoms with van der Waals surface area (Å²) in [4.78, 5) is 25.1. The molecule has 0 spiro atoms. The Morgan fingerprint density at radius 2 is 1.20 bits per heavy atom. The minimum Gasteiger partial charge on any atom is -0.493 e. The number of hydrogen-bond acceptors (Lipinski definition) is 6. The molecule has 0 atom stereocenters. The van der Waals surface area contributed by atoms with E-state index in [2.05, 4.69) is 10.9 Å². The predicted octanol–water partition coefficient (Wildman–Crippen LogP) is 3.36. The summed E-state index contributed by atoms with van der Waals surface area (Å²) >= 11 is 0. The molecule has 2 N–H and O–H groups in total. The van der Waals surface area contributed by atoms with Gasteiger partial charge in [-0.1, -0.05) is 12.1 Å². The molecule has 0 fully saturated rings. The van der Waals surface area contributed by atoms with Gasteiger partial charge in [0.25, 0.3) is 11.8 Å². The van der Waals surface area contributed by atoms with E-state index >= 15 is 0 Å². The number of carbonyl (C=O) groups is 2. The van der Waals surface area contributed by atoms with Crippen molar-refractivity contribution in [3.63, 3.8) is 0 Å². The van der Waals surface area contributed by atoms with Crippen molar-refractivity contribution in [1.82, 2.24) is 10.9 Å². The third kappa shape index (κ3) is 5.79. The van der Waals surface area contributed by atoms with Gasteiger partial charge in [0.15, 0.2) is 11.5 Å². The Balaban J connectivity index is 2.21. The van der Waals surface area contributed by atoms with Crippen molar-refractivity contribution in [2.75, 3.05) is 26.4 Å². The van der Waals surface area contributed by atoms with Crippen molar-refractivity contribution in [2.24, 2.45) is 0 Å². The van der Waals surface area contributed by atoms with Crippen LogP contribution in [-0.2, 0) is 0 Å². The number of hydrazine groups is 1. The summed E-state index contributed by atoms with van der Waals surface area (Å²) in [5.41, 5.74) is 5.39. The minimum atomic E-state index is -0.526. The SMILES string of the molecule is CCOc1ccccc1C(=O)NNC(=O)c1cc(OCC)c(OCC)c(OCC)c1. The molecule has 0 saturated heterocycles. The van der Waals surface area contributed by atoms with Crippen LogP contribution in [0.4, 0.5) is 0 Å². The van der Waals surface area contributed by atoms with Crippen molar-refractivity contribution in [3.8, 4) is 23.0 Å². The van der Waals surface area contributed by atoms with Crippen molar-refractivity contribution in [3.05, 3.63) is 47.5 Å². The molecule has 0 aliphatic heterocycles. The number of rotatable bonds is 10. The molecule has 0 unspecified atom stereocenters. The molecule has 0 aliphatic rings. The van der Waals surface area contributed by atoms with Gasteiger partial charge in [-0.05, 0) is 52.0 Å². The molecule has 0 heterocycles. The fourth-order valence-corrected chi connectivity index (χ4v) is 2.71. The van der Waals surface area contributed by atoms with Gasteiger partial charge in [0.1, 0.15) is 5.75 Å². The lowest BCUT2D eigenvalue weighted by Crippen LogP contribution is -2.41. The molecule has 2 amide bonds. The fourth-order valence-electron chi connectivity index (χ4n) is 2.71. The standard InChI is InChI=1S/C22H28N2O6/c1-5-27-17-12-10-9-11-16(17)22(26)24-23-21(25)15-13-18(28-6-2)20(30-8-4)19(14-15)29-7-3/h9-14H,5-8H2,1-4H3,(H,23,25)(H,24,26). The summed E-state index contributed by atoms with van der Waals surface area (Å²) in [5.74, 6) is 0.639. The highest BCUT2D eigenvalue weighted by atomic mass is 16.5. The summed E-state index contributed by atoms with van der Waals surface area (Å²) in [7, 11) is 0. The quantitative estimate of drug-likeness (QED) is 0.577. The summed E-state index contributed by atoms with van der Waals surface area (Å²) in [6.45, 7) is 8.96. The molecule has 0 aromatic heterocycles. The minimum absolute atomic E-state index is 0.253. The first-order valence-electron chi connectivity index (χ1n) is 9.94. The lowest BCUT2D eigenvalue weighted by atomic mass is 10.1. The van der Waals surface area contributed by atoms with Crippen LogP contribution >= 0.6 is 0 Å². The predicted molar refractivity (Wildman–Crippen MR) is 112 cm³/mol. The van der Waals surface area contributed by atoms with Crippen LogP contribution in [0.25, 0.3) is 0 Å². The fraction of sp³-hybridized carbons (Fsp3) is 0.364. The smallest absolute Gasteiger partial charge is 0.273 e. The highest BCUT2D eigenvalue weighted by Crippen LogP contribution is 2.39. The van der Waals surface area contributed by atoms with E-state index in [9.17, 15) is 9.59 Å². The zero-order chi connectivity index (χ0) is 21.9. The summed E-state index contributed by atoms with van der Waals surface area (Å²) < 4.78 is 22.3. The highest BCUT2D eigenvalue weighted by molar-refractivity contribution is 6.01. The van der Waals surface area contributed by atoms with Crippen LogP contribution in [0.15, 0.2) is 36.4 Å². The topological polar surface area (TPSA) is 95.1 Å². The summed E-state index contributed by atoms with van der Waals surface area (Å²) in [6, 6.07) is 9.89. The van der Waals surface area contributed by atoms with Gasteiger partial charge < -0.3 is 18.9 Å². The number of para-hydroxylation sites is 1. The molecule has 2 rings (SSSR count). The second-order valence-electron chi connectivity index (χ2n) is 5.94. The monoisotopic (exact) mass is 416 g/mol. The maximum atomic E-state index is 12.7. The van der Waals surface area contributed by atoms with E-state index in [1.165, 1.54) is 0 Å². The molecule has 0 aliphatic carbocycles. The average molecular weight is 416 g/mol. The van der Waals surface area contributed by atoms with Gasteiger partial charge in [-0.2, -0.15) is 0 Å². The summed E-state index contributed by atoms with van der Waals surface area (Å²) in [6.07, 6.45) is 0. The van der Waals surface area contributed by atoms with E-state index in [4.69, 9.17) is 18.9 Å². The van der Waals surface area contributed by atoms with Crippen molar-refractivity contribution < 1.29 is 28.5 Å². The number of nitrogens with one attached hydrogen (secondary N) is 2. The molecule has 0 bridgehead atoms. The van der Waals surface area contributed by atoms with Gasteiger partial charge in [0, 0.05) is 5.56 Å². The van der Waals surface area contributed by atoms with E-state index in [0.29, 0.717) is 55.0 Å². The summed E-state index contributed by atoms with van der Waals surface area (Å²) in [5, 5.41) is 0. The van der Waals surface area contributed by atoms with Crippen molar-refractivity contribution in [1.29, 1.82) is 0 Å². The number of hydrogen-bond donors (Lipinski definition) is 2. The Labute approximate surface area is 176 Å². The Morgan fingerprint density at radius 1 is 0.700 bits per heavy atom. The number of ether oxygens (including phenoxy) is 4. The average Bonchev–Trinajstić information content (AvgIpc) is 2.74. The van der Waals surface area contributed by atoms with Crippen LogP contribution in [0.2, 0.25) is 0 Å².